The lowest BCUT2D eigenvalue weighted by atomic mass is 9.94. The van der Waals surface area contributed by atoms with Crippen LogP contribution in [0.5, 0.6) is 11.5 Å². The third-order valence-electron chi connectivity index (χ3n) is 9.78. The van der Waals surface area contributed by atoms with Gasteiger partial charge in [-0.2, -0.15) is 0 Å². The van der Waals surface area contributed by atoms with Crippen LogP contribution in [0.4, 0.5) is 20.3 Å². The van der Waals surface area contributed by atoms with Crippen LogP contribution < -0.4 is 20.8 Å². The largest absolute Gasteiger partial charge is 0.481 e. The zero-order valence-electron chi connectivity index (χ0n) is 30.0. The lowest BCUT2D eigenvalue weighted by molar-refractivity contribution is -0.144. The van der Waals surface area contributed by atoms with Crippen molar-refractivity contribution in [1.29, 1.82) is 0 Å². The van der Waals surface area contributed by atoms with Gasteiger partial charge in [-0.1, -0.05) is 84.4 Å². The topological polar surface area (TPSA) is 126 Å². The fourth-order valence-electron chi connectivity index (χ4n) is 6.77. The fourth-order valence-corrected chi connectivity index (χ4v) is 6.98. The van der Waals surface area contributed by atoms with E-state index >= 15 is 4.39 Å². The van der Waals surface area contributed by atoms with Gasteiger partial charge < -0.3 is 25.0 Å². The summed E-state index contributed by atoms with van der Waals surface area (Å²) in [6.45, 7) is 0.472. The number of pyridine rings is 2. The van der Waals surface area contributed by atoms with Gasteiger partial charge in [0.05, 0.1) is 18.1 Å². The van der Waals surface area contributed by atoms with E-state index in [1.54, 1.807) is 4.57 Å². The molecule has 0 radical (unpaired) electrons. The first-order chi connectivity index (χ1) is 27.0. The minimum Gasteiger partial charge on any atom is -0.481 e. The van der Waals surface area contributed by atoms with Gasteiger partial charge in [0.2, 0.25) is 5.43 Å². The van der Waals surface area contributed by atoms with Crippen molar-refractivity contribution in [1.82, 2.24) is 14.5 Å². The van der Waals surface area contributed by atoms with E-state index in [0.29, 0.717) is 24.3 Å². The number of likely N-dealkylation sites (tertiary alicyclic amines) is 1. The van der Waals surface area contributed by atoms with Crippen molar-refractivity contribution < 1.29 is 28.2 Å². The second-order valence-electron chi connectivity index (χ2n) is 13.5. The number of nitrogens with zero attached hydrogens (tertiary/aromatic N) is 3. The number of amides is 1. The van der Waals surface area contributed by atoms with E-state index in [1.165, 1.54) is 61.1 Å². The number of carbonyl (C=O) groups excluding carboxylic acids is 1. The molecule has 1 aliphatic rings. The Bertz CT molecular complexity index is 2390. The molecular formula is C43H36ClF2N5O5. The molecule has 1 amide bonds. The van der Waals surface area contributed by atoms with Gasteiger partial charge in [-0.25, -0.2) is 13.8 Å². The maximum Gasteiger partial charge on any atom is 0.306 e. The zero-order chi connectivity index (χ0) is 39.3. The number of carboxylic acids is 1. The second-order valence-corrected chi connectivity index (χ2v) is 13.8. The molecule has 3 heterocycles. The maximum atomic E-state index is 15.6. The highest BCUT2D eigenvalue weighted by molar-refractivity contribution is 6.34. The summed E-state index contributed by atoms with van der Waals surface area (Å²) >= 11 is 6.77. The predicted molar refractivity (Wildman–Crippen MR) is 210 cm³/mol. The van der Waals surface area contributed by atoms with Crippen LogP contribution in [-0.2, 0) is 4.79 Å². The number of aliphatic carboxylic acids is 1. The number of anilines is 2. The molecule has 0 spiro atoms. The Labute approximate surface area is 326 Å². The minimum absolute atomic E-state index is 0.0375. The Morgan fingerprint density at radius 2 is 1.59 bits per heavy atom. The summed E-state index contributed by atoms with van der Waals surface area (Å²) < 4.78 is 37.0. The number of nitrogens with one attached hydrogen (secondary N) is 2. The first-order valence-corrected chi connectivity index (χ1v) is 18.2. The summed E-state index contributed by atoms with van der Waals surface area (Å²) in [6, 6.07) is 29.8. The predicted octanol–water partition coefficient (Wildman–Crippen LogP) is 9.01. The van der Waals surface area contributed by atoms with E-state index in [1.807, 2.05) is 72.6 Å². The molecule has 4 aromatic carbocycles. The van der Waals surface area contributed by atoms with Crippen LogP contribution in [0.2, 0.25) is 5.02 Å². The molecule has 13 heteroatoms. The number of hydrogen-bond acceptors (Lipinski definition) is 7. The first-order valence-electron chi connectivity index (χ1n) is 17.8. The lowest BCUT2D eigenvalue weighted by Gasteiger charge is -2.37. The van der Waals surface area contributed by atoms with E-state index in [0.717, 1.165) is 17.2 Å². The summed E-state index contributed by atoms with van der Waals surface area (Å²) in [5, 5.41) is 15.8. The molecule has 284 valence electrons. The molecule has 1 aliphatic heterocycles. The number of ether oxygens (including phenoxy) is 1. The van der Waals surface area contributed by atoms with Gasteiger partial charge in [-0.15, -0.1) is 0 Å². The average Bonchev–Trinajstić information content (AvgIpc) is 3.20. The van der Waals surface area contributed by atoms with Gasteiger partial charge in [0.1, 0.15) is 22.2 Å². The summed E-state index contributed by atoms with van der Waals surface area (Å²) in [5.74, 6) is -3.44. The number of rotatable bonds is 11. The van der Waals surface area contributed by atoms with E-state index in [4.69, 9.17) is 16.3 Å². The Balaban J connectivity index is 1.14. The lowest BCUT2D eigenvalue weighted by Crippen LogP contribution is -2.40. The van der Waals surface area contributed by atoms with Gasteiger partial charge in [0, 0.05) is 48.5 Å². The van der Waals surface area contributed by atoms with Gasteiger partial charge in [-0.05, 0) is 60.8 Å². The third kappa shape index (κ3) is 8.31. The van der Waals surface area contributed by atoms with Crippen molar-refractivity contribution >= 4 is 35.0 Å². The Kier molecular flexibility index (Phi) is 11.2. The van der Waals surface area contributed by atoms with Crippen LogP contribution in [0.15, 0.2) is 133 Å². The smallest absolute Gasteiger partial charge is 0.306 e. The quantitative estimate of drug-likeness (QED) is 0.119. The number of hydrogen-bond donors (Lipinski definition) is 3. The van der Waals surface area contributed by atoms with Gasteiger partial charge in [0.15, 0.2) is 17.3 Å². The Hall–Kier alpha value is -6.37. The van der Waals surface area contributed by atoms with Crippen LogP contribution in [0.1, 0.15) is 46.5 Å². The summed E-state index contributed by atoms with van der Waals surface area (Å²) in [6.07, 6.45) is 4.57. The van der Waals surface area contributed by atoms with E-state index in [9.17, 15) is 23.9 Å². The number of aromatic nitrogens is 2. The number of piperidine rings is 1. The van der Waals surface area contributed by atoms with E-state index in [2.05, 4.69) is 15.6 Å². The standard InChI is InChI=1S/C43H36ClF2N5O5/c1-50-21-19-29(43(54)55)22-37(50)51-24-32(26-12-14-30(45)15-13-26)40(52)33(25-51)42(53)48-31-16-17-35(34(46)23-31)56-36-18-20-47-41(38(36)44)49-39(27-8-4-2-5-9-27)28-10-6-3-7-11-28/h2-18,20,23-25,29,37,39H,19,21-22H2,1H3,(H,47,49)(H,48,53)(H,54,55). The number of carboxylic acid groups (broad SMARTS) is 1. The molecule has 2 unspecified atom stereocenters. The van der Waals surface area contributed by atoms with Crippen LogP contribution in [0, 0.1) is 17.6 Å². The molecule has 6 aromatic rings. The number of halogens is 3. The van der Waals surface area contributed by atoms with Crippen molar-refractivity contribution in [2.24, 2.45) is 5.92 Å². The number of benzene rings is 4. The summed E-state index contributed by atoms with van der Waals surface area (Å²) in [7, 11) is 1.83. The molecule has 0 saturated carbocycles. The monoisotopic (exact) mass is 775 g/mol. The van der Waals surface area contributed by atoms with Crippen LogP contribution in [0.3, 0.4) is 0 Å². The normalized spacial score (nSPS) is 15.7. The van der Waals surface area contributed by atoms with E-state index in [-0.39, 0.29) is 45.8 Å². The molecule has 7 rings (SSSR count). The molecule has 0 aliphatic carbocycles. The summed E-state index contributed by atoms with van der Waals surface area (Å²) in [5.41, 5.74) is 1.55. The third-order valence-corrected chi connectivity index (χ3v) is 10.1. The Morgan fingerprint density at radius 1 is 0.911 bits per heavy atom. The average molecular weight is 776 g/mol. The molecule has 1 saturated heterocycles. The molecule has 0 bridgehead atoms. The highest BCUT2D eigenvalue weighted by Gasteiger charge is 2.32. The zero-order valence-corrected chi connectivity index (χ0v) is 30.8. The van der Waals surface area contributed by atoms with Gasteiger partial charge >= 0.3 is 5.97 Å². The van der Waals surface area contributed by atoms with Crippen LogP contribution in [-0.4, -0.2) is 45.0 Å². The van der Waals surface area contributed by atoms with Crippen LogP contribution >= 0.6 is 11.6 Å². The SMILES string of the molecule is CN1CCC(C(=O)O)CC1n1cc(C(=O)Nc2ccc(Oc3ccnc(NC(c4ccccc4)c4ccccc4)c3Cl)c(F)c2)c(=O)c(-c2ccc(F)cc2)c1. The van der Waals surface area contributed by atoms with E-state index < -0.39 is 41.0 Å². The molecule has 3 N–H and O–H groups in total. The van der Waals surface area contributed by atoms with Crippen molar-refractivity contribution in [2.45, 2.75) is 25.0 Å². The van der Waals surface area contributed by atoms with Gasteiger partial charge in [0.25, 0.3) is 5.91 Å². The second kappa shape index (κ2) is 16.6. The highest BCUT2D eigenvalue weighted by Crippen LogP contribution is 2.38. The van der Waals surface area contributed by atoms with Crippen molar-refractivity contribution in [2.75, 3.05) is 24.2 Å². The van der Waals surface area contributed by atoms with Crippen molar-refractivity contribution in [3.8, 4) is 22.6 Å². The molecule has 10 nitrogen and oxygen atoms in total. The molecule has 2 atom stereocenters. The Morgan fingerprint density at radius 3 is 2.23 bits per heavy atom. The minimum atomic E-state index is -0.932. The fraction of sp³-hybridized carbons (Fsp3) is 0.163. The number of carbonyl (C=O) groups is 2. The van der Waals surface area contributed by atoms with Crippen molar-refractivity contribution in [3.05, 3.63) is 171 Å². The molecule has 1 fully saturated rings. The van der Waals surface area contributed by atoms with Crippen LogP contribution in [0.25, 0.3) is 11.1 Å². The van der Waals surface area contributed by atoms with Gasteiger partial charge in [-0.3, -0.25) is 19.3 Å². The molecular weight excluding hydrogens is 740 g/mol. The summed E-state index contributed by atoms with van der Waals surface area (Å²) in [4.78, 5) is 45.8. The molecule has 2 aromatic heterocycles. The first kappa shape index (κ1) is 37.9. The molecule has 56 heavy (non-hydrogen) atoms. The van der Waals surface area contributed by atoms with Crippen molar-refractivity contribution in [3.63, 3.8) is 0 Å². The highest BCUT2D eigenvalue weighted by atomic mass is 35.5. The maximum absolute atomic E-state index is 15.6.